The predicted molar refractivity (Wildman–Crippen MR) is 76.7 cm³/mol. The number of nitrogens with one attached hydrogen (secondary N) is 1. The summed E-state index contributed by atoms with van der Waals surface area (Å²) in [6.07, 6.45) is 0.335. The summed E-state index contributed by atoms with van der Waals surface area (Å²) >= 11 is 1.65. The number of anilines is 1. The minimum Gasteiger partial charge on any atom is -0.383 e. The van der Waals surface area contributed by atoms with Crippen molar-refractivity contribution < 1.29 is 18.1 Å². The maximum absolute atomic E-state index is 13.0. The fraction of sp³-hybridized carbons (Fsp3) is 0.538. The lowest BCUT2D eigenvalue weighted by molar-refractivity contribution is -0.385. The van der Waals surface area contributed by atoms with Gasteiger partial charge >= 0.3 is 6.18 Å². The van der Waals surface area contributed by atoms with Crippen LogP contribution in [0, 0.1) is 10.1 Å². The minimum absolute atomic E-state index is 0.0232. The second-order valence-corrected chi connectivity index (χ2v) is 6.35. The summed E-state index contributed by atoms with van der Waals surface area (Å²) in [7, 11) is 0. The first-order chi connectivity index (χ1) is 9.77. The fourth-order valence-electron chi connectivity index (χ4n) is 2.31. The van der Waals surface area contributed by atoms with E-state index >= 15 is 0 Å². The SMILES string of the molecule is CSC1(CNc2ccc([N+](=O)[O-])cc2C(F)(F)F)CCC1. The van der Waals surface area contributed by atoms with E-state index in [1.807, 2.05) is 6.26 Å². The topological polar surface area (TPSA) is 55.2 Å². The molecule has 1 aromatic rings. The van der Waals surface area contributed by atoms with Gasteiger partial charge in [0.1, 0.15) is 0 Å². The van der Waals surface area contributed by atoms with Crippen LogP contribution < -0.4 is 5.32 Å². The van der Waals surface area contributed by atoms with Crippen molar-refractivity contribution in [2.45, 2.75) is 30.2 Å². The van der Waals surface area contributed by atoms with Crippen LogP contribution in [-0.2, 0) is 6.18 Å². The second-order valence-electron chi connectivity index (χ2n) is 5.08. The number of nitro benzene ring substituents is 1. The van der Waals surface area contributed by atoms with Gasteiger partial charge < -0.3 is 5.32 Å². The first-order valence-electron chi connectivity index (χ1n) is 6.42. The largest absolute Gasteiger partial charge is 0.418 e. The molecule has 0 aliphatic heterocycles. The van der Waals surface area contributed by atoms with Crippen LogP contribution in [0.25, 0.3) is 0 Å². The molecule has 0 aromatic heterocycles. The quantitative estimate of drug-likeness (QED) is 0.649. The van der Waals surface area contributed by atoms with E-state index < -0.39 is 22.4 Å². The molecule has 0 radical (unpaired) electrons. The maximum atomic E-state index is 13.0. The van der Waals surface area contributed by atoms with Gasteiger partial charge in [0.15, 0.2) is 0 Å². The molecular formula is C13H15F3N2O2S. The van der Waals surface area contributed by atoms with E-state index in [0.717, 1.165) is 31.4 Å². The molecule has 1 aliphatic carbocycles. The number of thioether (sulfide) groups is 1. The smallest absolute Gasteiger partial charge is 0.383 e. The van der Waals surface area contributed by atoms with Crippen molar-refractivity contribution in [2.75, 3.05) is 18.1 Å². The van der Waals surface area contributed by atoms with E-state index in [1.54, 1.807) is 11.8 Å². The van der Waals surface area contributed by atoms with Crippen LogP contribution in [0.4, 0.5) is 24.5 Å². The molecule has 0 unspecified atom stereocenters. The number of rotatable bonds is 5. The van der Waals surface area contributed by atoms with E-state index in [-0.39, 0.29) is 10.4 Å². The number of nitrogens with zero attached hydrogens (tertiary/aromatic N) is 1. The van der Waals surface area contributed by atoms with Gasteiger partial charge in [0, 0.05) is 29.1 Å². The molecule has 1 aromatic carbocycles. The Balaban J connectivity index is 2.24. The number of benzene rings is 1. The third-order valence-electron chi connectivity index (χ3n) is 3.82. The second kappa shape index (κ2) is 5.75. The van der Waals surface area contributed by atoms with E-state index in [4.69, 9.17) is 0 Å². The third kappa shape index (κ3) is 3.42. The lowest BCUT2D eigenvalue weighted by Gasteiger charge is -2.40. The summed E-state index contributed by atoms with van der Waals surface area (Å²) in [5.74, 6) is 0. The Labute approximate surface area is 124 Å². The van der Waals surface area contributed by atoms with Gasteiger partial charge in [-0.15, -0.1) is 0 Å². The van der Waals surface area contributed by atoms with Crippen LogP contribution in [0.15, 0.2) is 18.2 Å². The van der Waals surface area contributed by atoms with Crippen LogP contribution in [0.5, 0.6) is 0 Å². The molecule has 0 heterocycles. The van der Waals surface area contributed by atoms with Gasteiger partial charge in [0.05, 0.1) is 10.5 Å². The van der Waals surface area contributed by atoms with Crippen molar-refractivity contribution in [3.63, 3.8) is 0 Å². The molecule has 8 heteroatoms. The third-order valence-corrected chi connectivity index (χ3v) is 5.24. The fourth-order valence-corrected chi connectivity index (χ4v) is 3.23. The number of hydrogen-bond acceptors (Lipinski definition) is 4. The van der Waals surface area contributed by atoms with Gasteiger partial charge in [-0.1, -0.05) is 6.42 Å². The zero-order chi connectivity index (χ0) is 15.7. The molecule has 116 valence electrons. The van der Waals surface area contributed by atoms with Gasteiger partial charge in [-0.2, -0.15) is 24.9 Å². The van der Waals surface area contributed by atoms with E-state index in [9.17, 15) is 23.3 Å². The monoisotopic (exact) mass is 320 g/mol. The Morgan fingerprint density at radius 3 is 2.52 bits per heavy atom. The highest BCUT2D eigenvalue weighted by molar-refractivity contribution is 8.00. The molecule has 0 spiro atoms. The van der Waals surface area contributed by atoms with Gasteiger partial charge in [0.25, 0.3) is 5.69 Å². The lowest BCUT2D eigenvalue weighted by Crippen LogP contribution is -2.40. The van der Waals surface area contributed by atoms with Crippen LogP contribution in [0.2, 0.25) is 0 Å². The molecule has 1 fully saturated rings. The number of hydrogen-bond donors (Lipinski definition) is 1. The number of nitro groups is 1. The van der Waals surface area contributed by atoms with Crippen molar-refractivity contribution in [3.8, 4) is 0 Å². The highest BCUT2D eigenvalue weighted by Crippen LogP contribution is 2.44. The minimum atomic E-state index is -4.62. The molecule has 1 saturated carbocycles. The Kier molecular flexibility index (Phi) is 4.36. The van der Waals surface area contributed by atoms with Crippen LogP contribution in [0.1, 0.15) is 24.8 Å². The zero-order valence-electron chi connectivity index (χ0n) is 11.4. The van der Waals surface area contributed by atoms with Crippen molar-refractivity contribution in [1.29, 1.82) is 0 Å². The first-order valence-corrected chi connectivity index (χ1v) is 7.65. The molecule has 0 atom stereocenters. The van der Waals surface area contributed by atoms with E-state index in [0.29, 0.717) is 12.6 Å². The number of halogens is 3. The maximum Gasteiger partial charge on any atom is 0.418 e. The average Bonchev–Trinajstić information content (AvgIpc) is 2.36. The summed E-state index contributed by atoms with van der Waals surface area (Å²) in [5.41, 5.74) is -1.66. The Hall–Kier alpha value is -1.44. The van der Waals surface area contributed by atoms with Crippen molar-refractivity contribution in [2.24, 2.45) is 0 Å². The van der Waals surface area contributed by atoms with Gasteiger partial charge in [0.2, 0.25) is 0 Å². The van der Waals surface area contributed by atoms with Crippen LogP contribution in [0.3, 0.4) is 0 Å². The summed E-state index contributed by atoms with van der Waals surface area (Å²) in [6, 6.07) is 2.80. The summed E-state index contributed by atoms with van der Waals surface area (Å²) in [5, 5.41) is 13.4. The molecule has 1 N–H and O–H groups in total. The summed E-state index contributed by atoms with van der Waals surface area (Å²) in [4.78, 5) is 9.80. The van der Waals surface area contributed by atoms with Gasteiger partial charge in [-0.25, -0.2) is 0 Å². The molecule has 0 amide bonds. The average molecular weight is 320 g/mol. The van der Waals surface area contributed by atoms with E-state index in [2.05, 4.69) is 5.32 Å². The molecule has 2 rings (SSSR count). The van der Waals surface area contributed by atoms with E-state index in [1.165, 1.54) is 0 Å². The highest BCUT2D eigenvalue weighted by atomic mass is 32.2. The number of non-ortho nitro benzene ring substituents is 1. The summed E-state index contributed by atoms with van der Waals surface area (Å²) < 4.78 is 39.0. The summed E-state index contributed by atoms with van der Waals surface area (Å²) in [6.45, 7) is 0.426. The Morgan fingerprint density at radius 2 is 2.10 bits per heavy atom. The van der Waals surface area contributed by atoms with Crippen LogP contribution >= 0.6 is 11.8 Å². The molecular weight excluding hydrogens is 305 g/mol. The molecule has 0 saturated heterocycles. The Morgan fingerprint density at radius 1 is 1.43 bits per heavy atom. The zero-order valence-corrected chi connectivity index (χ0v) is 12.2. The first kappa shape index (κ1) is 15.9. The standard InChI is InChI=1S/C13H15F3N2O2S/c1-21-12(5-2-6-12)8-17-11-4-3-9(18(19)20)7-10(11)13(14,15)16/h3-4,7,17H,2,5-6,8H2,1H3. The molecule has 21 heavy (non-hydrogen) atoms. The lowest BCUT2D eigenvalue weighted by atomic mass is 9.84. The van der Waals surface area contributed by atoms with Crippen LogP contribution in [-0.4, -0.2) is 22.5 Å². The molecule has 1 aliphatic rings. The normalized spacial score (nSPS) is 17.1. The predicted octanol–water partition coefficient (Wildman–Crippen LogP) is 4.31. The van der Waals surface area contributed by atoms with Gasteiger partial charge in [-0.05, 0) is 25.2 Å². The molecule has 4 nitrogen and oxygen atoms in total. The number of alkyl halides is 3. The van der Waals surface area contributed by atoms with Crippen molar-refractivity contribution >= 4 is 23.1 Å². The van der Waals surface area contributed by atoms with Crippen molar-refractivity contribution in [3.05, 3.63) is 33.9 Å². The molecule has 0 bridgehead atoms. The highest BCUT2D eigenvalue weighted by Gasteiger charge is 2.38. The van der Waals surface area contributed by atoms with Crippen molar-refractivity contribution in [1.82, 2.24) is 0 Å². The Bertz CT molecular complexity index is 539. The van der Waals surface area contributed by atoms with Gasteiger partial charge in [-0.3, -0.25) is 10.1 Å².